The number of aryl methyl sites for hydroxylation is 1. The average molecular weight is 236 g/mol. The maximum absolute atomic E-state index is 6.10. The van der Waals surface area contributed by atoms with Crippen LogP contribution in [0.4, 0.5) is 5.82 Å². The third kappa shape index (κ3) is 1.82. The minimum absolute atomic E-state index is 0.103. The van der Waals surface area contributed by atoms with E-state index in [0.717, 1.165) is 16.3 Å². The number of hydrogen-bond donors (Lipinski definition) is 1. The van der Waals surface area contributed by atoms with E-state index in [9.17, 15) is 0 Å². The van der Waals surface area contributed by atoms with E-state index in [1.807, 2.05) is 17.0 Å². The van der Waals surface area contributed by atoms with Crippen molar-refractivity contribution in [2.45, 2.75) is 33.2 Å². The van der Waals surface area contributed by atoms with Crippen LogP contribution >= 0.6 is 11.3 Å². The van der Waals surface area contributed by atoms with Crippen molar-refractivity contribution in [2.75, 3.05) is 5.73 Å². The van der Waals surface area contributed by atoms with Gasteiger partial charge in [0.15, 0.2) is 0 Å². The highest BCUT2D eigenvalue weighted by Gasteiger charge is 2.20. The Bertz CT molecular complexity index is 504. The third-order valence-corrected chi connectivity index (χ3v) is 3.28. The first-order valence-electron chi connectivity index (χ1n) is 5.16. The number of hydrogen-bond acceptors (Lipinski definition) is 4. The van der Waals surface area contributed by atoms with E-state index >= 15 is 0 Å². The van der Waals surface area contributed by atoms with Crippen LogP contribution in [0.1, 0.15) is 26.5 Å². The number of thiazole rings is 1. The molecule has 5 heteroatoms. The normalized spacial score (nSPS) is 12.0. The summed E-state index contributed by atoms with van der Waals surface area (Å²) in [6.07, 6.45) is 1.79. The fraction of sp³-hybridized carbons (Fsp3) is 0.455. The number of nitrogens with two attached hydrogens (primary N) is 1. The highest BCUT2D eigenvalue weighted by atomic mass is 32.1. The van der Waals surface area contributed by atoms with Crippen LogP contribution in [0.3, 0.4) is 0 Å². The second-order valence-electron chi connectivity index (χ2n) is 4.82. The van der Waals surface area contributed by atoms with Gasteiger partial charge >= 0.3 is 0 Å². The predicted molar refractivity (Wildman–Crippen MR) is 67.5 cm³/mol. The average Bonchev–Trinajstić information content (AvgIpc) is 2.70. The molecular formula is C11H16N4S. The Morgan fingerprint density at radius 1 is 1.38 bits per heavy atom. The Labute approximate surface area is 99.1 Å². The molecule has 0 aromatic carbocycles. The zero-order chi connectivity index (χ0) is 11.9. The molecule has 0 aliphatic rings. The lowest BCUT2D eigenvalue weighted by Crippen LogP contribution is -2.24. The second-order valence-corrected chi connectivity index (χ2v) is 5.68. The van der Waals surface area contributed by atoms with Crippen LogP contribution in [0.15, 0.2) is 11.6 Å². The van der Waals surface area contributed by atoms with Gasteiger partial charge in [-0.25, -0.2) is 9.67 Å². The molecule has 2 heterocycles. The van der Waals surface area contributed by atoms with Crippen molar-refractivity contribution in [1.29, 1.82) is 0 Å². The lowest BCUT2D eigenvalue weighted by atomic mass is 10.1. The summed E-state index contributed by atoms with van der Waals surface area (Å²) >= 11 is 1.60. The summed E-state index contributed by atoms with van der Waals surface area (Å²) in [4.78, 5) is 4.42. The molecule has 0 spiro atoms. The van der Waals surface area contributed by atoms with Crippen LogP contribution < -0.4 is 5.73 Å². The molecule has 0 aliphatic heterocycles. The molecule has 2 aromatic heterocycles. The number of nitrogens with zero attached hydrogens (tertiary/aromatic N) is 3. The molecule has 0 amide bonds. The molecule has 2 aromatic rings. The monoisotopic (exact) mass is 236 g/mol. The van der Waals surface area contributed by atoms with Gasteiger partial charge in [0.25, 0.3) is 0 Å². The first kappa shape index (κ1) is 11.1. The molecule has 0 aliphatic carbocycles. The first-order chi connectivity index (χ1) is 7.39. The van der Waals surface area contributed by atoms with Gasteiger partial charge in [-0.1, -0.05) is 0 Å². The molecule has 0 radical (unpaired) electrons. The van der Waals surface area contributed by atoms with Gasteiger partial charge in [0.2, 0.25) is 0 Å². The number of anilines is 1. The standard InChI is InChI=1S/C11H16N4S/c1-7-6-16-10(14-7)8-5-13-15(9(8)12)11(2,3)4/h5-6H,12H2,1-4H3. The maximum atomic E-state index is 6.10. The third-order valence-electron chi connectivity index (χ3n) is 2.29. The number of nitrogen functional groups attached to an aromatic ring is 1. The molecule has 16 heavy (non-hydrogen) atoms. The van der Waals surface area contributed by atoms with Crippen LogP contribution in [0, 0.1) is 6.92 Å². The van der Waals surface area contributed by atoms with Gasteiger partial charge in [0.05, 0.1) is 17.3 Å². The van der Waals surface area contributed by atoms with Crippen LogP contribution in [-0.4, -0.2) is 14.8 Å². The van der Waals surface area contributed by atoms with E-state index in [-0.39, 0.29) is 5.54 Å². The van der Waals surface area contributed by atoms with Crippen molar-refractivity contribution in [2.24, 2.45) is 0 Å². The first-order valence-corrected chi connectivity index (χ1v) is 6.04. The quantitative estimate of drug-likeness (QED) is 0.828. The van der Waals surface area contributed by atoms with Crippen LogP contribution in [0.2, 0.25) is 0 Å². The molecule has 2 rings (SSSR count). The van der Waals surface area contributed by atoms with Crippen molar-refractivity contribution in [3.05, 3.63) is 17.3 Å². The topological polar surface area (TPSA) is 56.7 Å². The Kier molecular flexibility index (Phi) is 2.50. The van der Waals surface area contributed by atoms with Gasteiger partial charge < -0.3 is 5.73 Å². The molecule has 4 nitrogen and oxygen atoms in total. The van der Waals surface area contributed by atoms with Crippen molar-refractivity contribution in [3.8, 4) is 10.6 Å². The molecule has 0 bridgehead atoms. The minimum atomic E-state index is -0.103. The summed E-state index contributed by atoms with van der Waals surface area (Å²) in [6.45, 7) is 8.21. The minimum Gasteiger partial charge on any atom is -0.383 e. The fourth-order valence-corrected chi connectivity index (χ4v) is 2.35. The maximum Gasteiger partial charge on any atom is 0.132 e. The SMILES string of the molecule is Cc1csc(-c2cnn(C(C)(C)C)c2N)n1. The van der Waals surface area contributed by atoms with Gasteiger partial charge in [-0.15, -0.1) is 11.3 Å². The van der Waals surface area contributed by atoms with E-state index < -0.39 is 0 Å². The van der Waals surface area contributed by atoms with Crippen LogP contribution in [0.25, 0.3) is 10.6 Å². The van der Waals surface area contributed by atoms with Crippen LogP contribution in [-0.2, 0) is 5.54 Å². The van der Waals surface area contributed by atoms with Crippen molar-refractivity contribution >= 4 is 17.2 Å². The molecule has 0 atom stereocenters. The molecule has 0 fully saturated rings. The van der Waals surface area contributed by atoms with E-state index in [1.165, 1.54) is 0 Å². The predicted octanol–water partition coefficient (Wildman–Crippen LogP) is 2.65. The molecule has 0 saturated carbocycles. The molecule has 0 unspecified atom stereocenters. The Balaban J connectivity index is 2.49. The highest BCUT2D eigenvalue weighted by molar-refractivity contribution is 7.13. The summed E-state index contributed by atoms with van der Waals surface area (Å²) in [5, 5.41) is 7.28. The molecule has 2 N–H and O–H groups in total. The summed E-state index contributed by atoms with van der Waals surface area (Å²) in [5.41, 5.74) is 7.94. The highest BCUT2D eigenvalue weighted by Crippen LogP contribution is 2.31. The second kappa shape index (κ2) is 3.59. The van der Waals surface area contributed by atoms with Crippen molar-refractivity contribution < 1.29 is 0 Å². The van der Waals surface area contributed by atoms with E-state index in [0.29, 0.717) is 5.82 Å². The lowest BCUT2D eigenvalue weighted by Gasteiger charge is -2.20. The Morgan fingerprint density at radius 2 is 2.06 bits per heavy atom. The molecule has 0 saturated heterocycles. The Hall–Kier alpha value is -1.36. The number of aromatic nitrogens is 3. The van der Waals surface area contributed by atoms with Gasteiger partial charge in [-0.2, -0.15) is 5.10 Å². The summed E-state index contributed by atoms with van der Waals surface area (Å²) in [6, 6.07) is 0. The van der Waals surface area contributed by atoms with Crippen molar-refractivity contribution in [1.82, 2.24) is 14.8 Å². The largest absolute Gasteiger partial charge is 0.383 e. The summed E-state index contributed by atoms with van der Waals surface area (Å²) in [7, 11) is 0. The molecular weight excluding hydrogens is 220 g/mol. The van der Waals surface area contributed by atoms with Crippen molar-refractivity contribution in [3.63, 3.8) is 0 Å². The summed E-state index contributed by atoms with van der Waals surface area (Å²) in [5.74, 6) is 0.682. The van der Waals surface area contributed by atoms with Crippen LogP contribution in [0.5, 0.6) is 0 Å². The van der Waals surface area contributed by atoms with Gasteiger partial charge in [-0.05, 0) is 27.7 Å². The molecule has 86 valence electrons. The van der Waals surface area contributed by atoms with Gasteiger partial charge in [0, 0.05) is 11.1 Å². The lowest BCUT2D eigenvalue weighted by molar-refractivity contribution is 0.361. The zero-order valence-electron chi connectivity index (χ0n) is 9.98. The number of rotatable bonds is 1. The Morgan fingerprint density at radius 3 is 2.50 bits per heavy atom. The fourth-order valence-electron chi connectivity index (χ4n) is 1.53. The van der Waals surface area contributed by atoms with E-state index in [2.05, 4.69) is 30.9 Å². The summed E-state index contributed by atoms with van der Waals surface area (Å²) < 4.78 is 1.83. The smallest absolute Gasteiger partial charge is 0.132 e. The van der Waals surface area contributed by atoms with E-state index in [1.54, 1.807) is 17.5 Å². The van der Waals surface area contributed by atoms with Gasteiger partial charge in [-0.3, -0.25) is 0 Å². The van der Waals surface area contributed by atoms with Gasteiger partial charge in [0.1, 0.15) is 10.8 Å². The zero-order valence-corrected chi connectivity index (χ0v) is 10.8. The van der Waals surface area contributed by atoms with E-state index in [4.69, 9.17) is 5.73 Å².